The van der Waals surface area contributed by atoms with E-state index in [0.29, 0.717) is 0 Å². The Labute approximate surface area is 106 Å². The summed E-state index contributed by atoms with van der Waals surface area (Å²) in [7, 11) is 0. The molecule has 0 radical (unpaired) electrons. The van der Waals surface area contributed by atoms with Crippen molar-refractivity contribution in [2.75, 3.05) is 5.75 Å². The number of aliphatic hydroxyl groups is 1. The third kappa shape index (κ3) is 2.62. The molecule has 2 rings (SSSR count). The van der Waals surface area contributed by atoms with Gasteiger partial charge in [0.1, 0.15) is 16.9 Å². The van der Waals surface area contributed by atoms with E-state index < -0.39 is 34.0 Å². The predicted molar refractivity (Wildman–Crippen MR) is 63.0 cm³/mol. The zero-order valence-corrected chi connectivity index (χ0v) is 10.1. The summed E-state index contributed by atoms with van der Waals surface area (Å²) in [4.78, 5) is 10.4. The largest absolute Gasteiger partial charge is 0.392 e. The fourth-order valence-corrected chi connectivity index (χ4v) is 3.38. The van der Waals surface area contributed by atoms with Crippen molar-refractivity contribution in [3.8, 4) is 0 Å². The molecule has 1 unspecified atom stereocenters. The normalized spacial score (nSPS) is 28.1. The van der Waals surface area contributed by atoms with Gasteiger partial charge in [0.15, 0.2) is 0 Å². The van der Waals surface area contributed by atoms with E-state index in [4.69, 9.17) is 0 Å². The van der Waals surface area contributed by atoms with E-state index in [2.05, 4.69) is 0 Å². The highest BCUT2D eigenvalue weighted by Gasteiger charge is 2.40. The molecule has 4 nitrogen and oxygen atoms in total. The number of benzene rings is 1. The zero-order valence-electron chi connectivity index (χ0n) is 9.25. The van der Waals surface area contributed by atoms with E-state index in [1.807, 2.05) is 0 Å². The van der Waals surface area contributed by atoms with Gasteiger partial charge in [-0.1, -0.05) is 0 Å². The molecule has 1 N–H and O–H groups in total. The maximum atomic E-state index is 13.6. The number of thioether (sulfide) groups is 1. The summed E-state index contributed by atoms with van der Waals surface area (Å²) in [6, 6.07) is 1.83. The van der Waals surface area contributed by atoms with E-state index in [-0.39, 0.29) is 17.7 Å². The Morgan fingerprint density at radius 3 is 2.83 bits per heavy atom. The quantitative estimate of drug-likeness (QED) is 0.663. The van der Waals surface area contributed by atoms with Crippen molar-refractivity contribution in [2.45, 2.75) is 23.8 Å². The molecule has 0 aromatic heterocycles. The molecule has 1 aromatic rings. The van der Waals surface area contributed by atoms with Gasteiger partial charge in [0.2, 0.25) is 6.04 Å². The summed E-state index contributed by atoms with van der Waals surface area (Å²) in [5.74, 6) is -0.998. The number of hydrogen-bond acceptors (Lipinski definition) is 4. The molecular formula is C11H11F2NO3S. The summed E-state index contributed by atoms with van der Waals surface area (Å²) >= 11 is 1.09. The molecule has 7 heteroatoms. The van der Waals surface area contributed by atoms with Crippen molar-refractivity contribution >= 4 is 11.8 Å². The van der Waals surface area contributed by atoms with Crippen molar-refractivity contribution in [3.63, 3.8) is 0 Å². The average Bonchev–Trinajstić information content (AvgIpc) is 2.32. The van der Waals surface area contributed by atoms with E-state index >= 15 is 0 Å². The lowest BCUT2D eigenvalue weighted by Gasteiger charge is -2.28. The second kappa shape index (κ2) is 5.19. The van der Waals surface area contributed by atoms with Crippen LogP contribution in [0, 0.1) is 21.7 Å². The molecule has 1 saturated heterocycles. The molecule has 0 bridgehead atoms. The average molecular weight is 275 g/mol. The molecule has 98 valence electrons. The molecule has 3 atom stereocenters. The van der Waals surface area contributed by atoms with E-state index in [1.54, 1.807) is 0 Å². The minimum atomic E-state index is -1.10. The highest BCUT2D eigenvalue weighted by atomic mass is 32.2. The molecule has 1 aromatic carbocycles. The standard InChI is InChI=1S/C11H11F2NO3S/c12-6-1-2-9(13)8(3-6)11-10(14(16)17)4-7(15)5-18-11/h1-3,7,10-11,15H,4-5H2/t7?,10-,11+/m0/s1. The molecule has 0 aliphatic carbocycles. The number of rotatable bonds is 2. The minimum absolute atomic E-state index is 0.00593. The second-order valence-electron chi connectivity index (χ2n) is 4.16. The lowest BCUT2D eigenvalue weighted by Crippen LogP contribution is -2.36. The second-order valence-corrected chi connectivity index (χ2v) is 5.34. The van der Waals surface area contributed by atoms with Crippen LogP contribution in [0.1, 0.15) is 17.2 Å². The van der Waals surface area contributed by atoms with Gasteiger partial charge in [0, 0.05) is 22.7 Å². The van der Waals surface area contributed by atoms with Crippen molar-refractivity contribution in [3.05, 3.63) is 45.5 Å². The van der Waals surface area contributed by atoms with Crippen LogP contribution < -0.4 is 0 Å². The van der Waals surface area contributed by atoms with Crippen LogP contribution >= 0.6 is 11.8 Å². The van der Waals surface area contributed by atoms with E-state index in [1.165, 1.54) is 0 Å². The highest BCUT2D eigenvalue weighted by Crippen LogP contribution is 2.41. The molecule has 18 heavy (non-hydrogen) atoms. The monoisotopic (exact) mass is 275 g/mol. The summed E-state index contributed by atoms with van der Waals surface area (Å²) < 4.78 is 26.7. The first-order chi connectivity index (χ1) is 8.49. The summed E-state index contributed by atoms with van der Waals surface area (Å²) in [5.41, 5.74) is -0.00593. The predicted octanol–water partition coefficient (Wildman–Crippen LogP) is 2.15. The van der Waals surface area contributed by atoms with Crippen molar-refractivity contribution in [1.82, 2.24) is 0 Å². The van der Waals surface area contributed by atoms with Gasteiger partial charge in [-0.25, -0.2) is 8.78 Å². The first kappa shape index (κ1) is 13.2. The lowest BCUT2D eigenvalue weighted by atomic mass is 9.99. The first-order valence-electron chi connectivity index (χ1n) is 5.37. The minimum Gasteiger partial charge on any atom is -0.392 e. The van der Waals surface area contributed by atoms with Crippen LogP contribution in [0.25, 0.3) is 0 Å². The zero-order chi connectivity index (χ0) is 13.3. The number of aliphatic hydroxyl groups excluding tert-OH is 1. The lowest BCUT2D eigenvalue weighted by molar-refractivity contribution is -0.525. The Kier molecular flexibility index (Phi) is 3.82. The Balaban J connectivity index is 2.35. The van der Waals surface area contributed by atoms with Crippen molar-refractivity contribution in [2.24, 2.45) is 0 Å². The Morgan fingerprint density at radius 1 is 1.44 bits per heavy atom. The summed E-state index contributed by atoms with van der Waals surface area (Å²) in [5, 5.41) is 19.6. The molecule has 1 aliphatic rings. The Morgan fingerprint density at radius 2 is 2.17 bits per heavy atom. The molecular weight excluding hydrogens is 264 g/mol. The number of nitro groups is 1. The smallest absolute Gasteiger partial charge is 0.231 e. The SMILES string of the molecule is O=[N+]([O-])[C@H]1CC(O)CS[C@@H]1c1cc(F)ccc1F. The maximum Gasteiger partial charge on any atom is 0.231 e. The van der Waals surface area contributed by atoms with Crippen LogP contribution in [0.15, 0.2) is 18.2 Å². The van der Waals surface area contributed by atoms with Crippen LogP contribution in [0.3, 0.4) is 0 Å². The van der Waals surface area contributed by atoms with Gasteiger partial charge >= 0.3 is 0 Å². The van der Waals surface area contributed by atoms with E-state index in [0.717, 1.165) is 30.0 Å². The van der Waals surface area contributed by atoms with Gasteiger partial charge in [0.05, 0.1) is 6.10 Å². The van der Waals surface area contributed by atoms with Gasteiger partial charge < -0.3 is 5.11 Å². The molecule has 0 spiro atoms. The fourth-order valence-electron chi connectivity index (χ4n) is 2.02. The fraction of sp³-hybridized carbons (Fsp3) is 0.455. The van der Waals surface area contributed by atoms with Gasteiger partial charge in [-0.3, -0.25) is 10.1 Å². The Hall–Kier alpha value is -1.21. The van der Waals surface area contributed by atoms with Crippen LogP contribution in [0.4, 0.5) is 8.78 Å². The van der Waals surface area contributed by atoms with Gasteiger partial charge in [0.25, 0.3) is 0 Å². The van der Waals surface area contributed by atoms with Crippen molar-refractivity contribution in [1.29, 1.82) is 0 Å². The summed E-state index contributed by atoms with van der Waals surface area (Å²) in [6.07, 6.45) is -0.820. The number of halogens is 2. The third-order valence-corrected chi connectivity index (χ3v) is 4.37. The van der Waals surface area contributed by atoms with Crippen LogP contribution in [0.5, 0.6) is 0 Å². The van der Waals surface area contributed by atoms with Crippen LogP contribution in [-0.2, 0) is 0 Å². The first-order valence-corrected chi connectivity index (χ1v) is 6.42. The number of hydrogen-bond donors (Lipinski definition) is 1. The topological polar surface area (TPSA) is 63.4 Å². The molecule has 0 amide bonds. The van der Waals surface area contributed by atoms with E-state index in [9.17, 15) is 24.0 Å². The van der Waals surface area contributed by atoms with Gasteiger partial charge in [-0.2, -0.15) is 0 Å². The van der Waals surface area contributed by atoms with Gasteiger partial charge in [-0.05, 0) is 18.2 Å². The van der Waals surface area contributed by atoms with Crippen molar-refractivity contribution < 1.29 is 18.8 Å². The van der Waals surface area contributed by atoms with Gasteiger partial charge in [-0.15, -0.1) is 11.8 Å². The molecule has 1 heterocycles. The third-order valence-electron chi connectivity index (χ3n) is 2.87. The maximum absolute atomic E-state index is 13.6. The van der Waals surface area contributed by atoms with Crippen LogP contribution in [0.2, 0.25) is 0 Å². The Bertz CT molecular complexity index is 472. The summed E-state index contributed by atoms with van der Waals surface area (Å²) in [6.45, 7) is 0. The highest BCUT2D eigenvalue weighted by molar-refractivity contribution is 7.99. The number of nitrogens with zero attached hydrogens (tertiary/aromatic N) is 1. The molecule has 1 fully saturated rings. The molecule has 0 saturated carbocycles. The molecule has 1 aliphatic heterocycles. The van der Waals surface area contributed by atoms with Crippen LogP contribution in [-0.4, -0.2) is 27.9 Å².